The van der Waals surface area contributed by atoms with Crippen LogP contribution in [-0.4, -0.2) is 17.0 Å². The molecule has 114 valence electrons. The standard InChI is InChI=1S/C17H23NO3/c1-11(2)17(3,16(20)21)10-15(19)18-14-8-7-12-5-4-6-13(12)9-14/h7-9,11H,4-6,10H2,1-3H3,(H,18,19)(H,20,21). The lowest BCUT2D eigenvalue weighted by Crippen LogP contribution is -2.37. The zero-order valence-electron chi connectivity index (χ0n) is 12.9. The maximum atomic E-state index is 12.2. The summed E-state index contributed by atoms with van der Waals surface area (Å²) in [5.74, 6) is -1.28. The predicted molar refractivity (Wildman–Crippen MR) is 82.3 cm³/mol. The van der Waals surface area contributed by atoms with Crippen molar-refractivity contribution >= 4 is 17.6 Å². The third-order valence-electron chi connectivity index (χ3n) is 4.67. The summed E-state index contributed by atoms with van der Waals surface area (Å²) in [6.07, 6.45) is 3.31. The van der Waals surface area contributed by atoms with Gasteiger partial charge in [0.1, 0.15) is 0 Å². The predicted octanol–water partition coefficient (Wildman–Crippen LogP) is 3.25. The molecule has 1 atom stereocenters. The van der Waals surface area contributed by atoms with Crippen LogP contribution in [0.3, 0.4) is 0 Å². The number of hydrogen-bond acceptors (Lipinski definition) is 2. The van der Waals surface area contributed by atoms with Gasteiger partial charge in [-0.25, -0.2) is 0 Å². The molecule has 1 amide bonds. The van der Waals surface area contributed by atoms with Crippen LogP contribution in [0.25, 0.3) is 0 Å². The first kappa shape index (κ1) is 15.5. The third-order valence-corrected chi connectivity index (χ3v) is 4.67. The number of aryl methyl sites for hydroxylation is 2. The van der Waals surface area contributed by atoms with Crippen molar-refractivity contribution in [3.8, 4) is 0 Å². The minimum Gasteiger partial charge on any atom is -0.481 e. The van der Waals surface area contributed by atoms with Gasteiger partial charge in [-0.2, -0.15) is 0 Å². The topological polar surface area (TPSA) is 66.4 Å². The van der Waals surface area contributed by atoms with E-state index >= 15 is 0 Å². The summed E-state index contributed by atoms with van der Waals surface area (Å²) in [7, 11) is 0. The molecule has 2 N–H and O–H groups in total. The summed E-state index contributed by atoms with van der Waals surface area (Å²) in [5, 5.41) is 12.2. The lowest BCUT2D eigenvalue weighted by atomic mass is 9.76. The molecule has 4 heteroatoms. The van der Waals surface area contributed by atoms with Gasteiger partial charge in [-0.05, 0) is 55.4 Å². The molecular formula is C17H23NO3. The molecule has 1 aliphatic rings. The van der Waals surface area contributed by atoms with Gasteiger partial charge in [0.25, 0.3) is 0 Å². The SMILES string of the molecule is CC(C)C(C)(CC(=O)Nc1ccc2c(c1)CCC2)C(=O)O. The molecule has 0 bridgehead atoms. The van der Waals surface area contributed by atoms with Crippen LogP contribution in [0.15, 0.2) is 18.2 Å². The van der Waals surface area contributed by atoms with Crippen LogP contribution < -0.4 is 5.32 Å². The van der Waals surface area contributed by atoms with Crippen LogP contribution in [0, 0.1) is 11.3 Å². The summed E-state index contributed by atoms with van der Waals surface area (Å²) in [5.41, 5.74) is 2.36. The van der Waals surface area contributed by atoms with E-state index in [2.05, 4.69) is 11.4 Å². The number of carboxylic acid groups (broad SMARTS) is 1. The molecule has 0 radical (unpaired) electrons. The van der Waals surface area contributed by atoms with E-state index in [1.807, 2.05) is 26.0 Å². The second-order valence-electron chi connectivity index (χ2n) is 6.44. The molecule has 0 saturated carbocycles. The molecular weight excluding hydrogens is 266 g/mol. The zero-order valence-corrected chi connectivity index (χ0v) is 12.9. The van der Waals surface area contributed by atoms with Crippen LogP contribution in [0.4, 0.5) is 5.69 Å². The fourth-order valence-electron chi connectivity index (χ4n) is 2.71. The first-order chi connectivity index (χ1) is 9.83. The number of nitrogens with one attached hydrogen (secondary N) is 1. The Balaban J connectivity index is 2.06. The molecule has 1 aliphatic carbocycles. The van der Waals surface area contributed by atoms with Gasteiger partial charge in [-0.1, -0.05) is 19.9 Å². The highest BCUT2D eigenvalue weighted by atomic mass is 16.4. The number of carbonyl (C=O) groups excluding carboxylic acids is 1. The monoisotopic (exact) mass is 289 g/mol. The molecule has 21 heavy (non-hydrogen) atoms. The Hall–Kier alpha value is -1.84. The minimum atomic E-state index is -1.04. The van der Waals surface area contributed by atoms with Crippen LogP contribution in [-0.2, 0) is 22.4 Å². The van der Waals surface area contributed by atoms with Crippen LogP contribution in [0.1, 0.15) is 44.7 Å². The van der Waals surface area contributed by atoms with E-state index in [0.29, 0.717) is 0 Å². The van der Waals surface area contributed by atoms with Crippen molar-refractivity contribution in [3.05, 3.63) is 29.3 Å². The van der Waals surface area contributed by atoms with Crippen molar-refractivity contribution in [1.29, 1.82) is 0 Å². The smallest absolute Gasteiger partial charge is 0.310 e. The minimum absolute atomic E-state index is 0.0168. The second kappa shape index (κ2) is 5.88. The summed E-state index contributed by atoms with van der Waals surface area (Å²) < 4.78 is 0. The Kier molecular flexibility index (Phi) is 4.35. The van der Waals surface area contributed by atoms with E-state index in [1.54, 1.807) is 6.92 Å². The van der Waals surface area contributed by atoms with E-state index in [9.17, 15) is 14.7 Å². The number of rotatable bonds is 5. The van der Waals surface area contributed by atoms with Gasteiger partial charge in [0.2, 0.25) is 5.91 Å². The molecule has 0 spiro atoms. The largest absolute Gasteiger partial charge is 0.481 e. The number of anilines is 1. The molecule has 0 heterocycles. The van der Waals surface area contributed by atoms with Crippen molar-refractivity contribution in [3.63, 3.8) is 0 Å². The number of hydrogen-bond donors (Lipinski definition) is 2. The van der Waals surface area contributed by atoms with Crippen molar-refractivity contribution in [2.75, 3.05) is 5.32 Å². The lowest BCUT2D eigenvalue weighted by Gasteiger charge is -2.28. The van der Waals surface area contributed by atoms with Gasteiger partial charge in [-0.3, -0.25) is 9.59 Å². The average molecular weight is 289 g/mol. The highest BCUT2D eigenvalue weighted by Crippen LogP contribution is 2.32. The maximum Gasteiger partial charge on any atom is 0.310 e. The molecule has 0 fully saturated rings. The van der Waals surface area contributed by atoms with Crippen molar-refractivity contribution in [2.45, 2.75) is 46.5 Å². The number of aliphatic carboxylic acids is 1. The van der Waals surface area contributed by atoms with E-state index in [-0.39, 0.29) is 18.2 Å². The van der Waals surface area contributed by atoms with Crippen molar-refractivity contribution in [1.82, 2.24) is 0 Å². The molecule has 0 saturated heterocycles. The molecule has 1 aromatic carbocycles. The van der Waals surface area contributed by atoms with E-state index in [0.717, 1.165) is 24.9 Å². The zero-order chi connectivity index (χ0) is 15.6. The van der Waals surface area contributed by atoms with Crippen molar-refractivity contribution < 1.29 is 14.7 Å². The van der Waals surface area contributed by atoms with Crippen molar-refractivity contribution in [2.24, 2.45) is 11.3 Å². The summed E-state index contributed by atoms with van der Waals surface area (Å²) >= 11 is 0. The van der Waals surface area contributed by atoms with Crippen LogP contribution >= 0.6 is 0 Å². The molecule has 4 nitrogen and oxygen atoms in total. The summed E-state index contributed by atoms with van der Waals surface area (Å²) in [6.45, 7) is 5.29. The first-order valence-electron chi connectivity index (χ1n) is 7.48. The van der Waals surface area contributed by atoms with Crippen LogP contribution in [0.5, 0.6) is 0 Å². The third kappa shape index (κ3) is 3.26. The Bertz CT molecular complexity index is 565. The van der Waals surface area contributed by atoms with Gasteiger partial charge in [0.05, 0.1) is 5.41 Å². The Morgan fingerprint density at radius 1 is 1.29 bits per heavy atom. The fourth-order valence-corrected chi connectivity index (χ4v) is 2.71. The second-order valence-corrected chi connectivity index (χ2v) is 6.44. The normalized spacial score (nSPS) is 16.4. The lowest BCUT2D eigenvalue weighted by molar-refractivity contribution is -0.153. The summed E-state index contributed by atoms with van der Waals surface area (Å²) in [4.78, 5) is 23.6. The molecule has 1 unspecified atom stereocenters. The molecule has 1 aromatic rings. The van der Waals surface area contributed by atoms with Gasteiger partial charge in [0.15, 0.2) is 0 Å². The average Bonchev–Trinajstić information content (AvgIpc) is 2.85. The fraction of sp³-hybridized carbons (Fsp3) is 0.529. The highest BCUT2D eigenvalue weighted by molar-refractivity contribution is 5.94. The number of benzene rings is 1. The number of carboxylic acids is 1. The highest BCUT2D eigenvalue weighted by Gasteiger charge is 2.38. The van der Waals surface area contributed by atoms with E-state index in [4.69, 9.17) is 0 Å². The van der Waals surface area contributed by atoms with Gasteiger partial charge in [0, 0.05) is 12.1 Å². The Labute approximate surface area is 125 Å². The maximum absolute atomic E-state index is 12.2. The molecule has 0 aromatic heterocycles. The molecule has 2 rings (SSSR count). The number of carbonyl (C=O) groups is 2. The Morgan fingerprint density at radius 2 is 1.95 bits per heavy atom. The van der Waals surface area contributed by atoms with Gasteiger partial charge in [-0.15, -0.1) is 0 Å². The summed E-state index contributed by atoms with van der Waals surface area (Å²) in [6, 6.07) is 5.96. The molecule has 0 aliphatic heterocycles. The Morgan fingerprint density at radius 3 is 2.57 bits per heavy atom. The van der Waals surface area contributed by atoms with E-state index in [1.165, 1.54) is 11.1 Å². The van der Waals surface area contributed by atoms with Crippen LogP contribution in [0.2, 0.25) is 0 Å². The number of fused-ring (bicyclic) bond motifs is 1. The first-order valence-corrected chi connectivity index (χ1v) is 7.48. The quantitative estimate of drug-likeness (QED) is 0.874. The van der Waals surface area contributed by atoms with E-state index < -0.39 is 11.4 Å². The van der Waals surface area contributed by atoms with Gasteiger partial charge < -0.3 is 10.4 Å². The van der Waals surface area contributed by atoms with Gasteiger partial charge >= 0.3 is 5.97 Å². The number of amides is 1.